The molecule has 1 aliphatic carbocycles. The summed E-state index contributed by atoms with van der Waals surface area (Å²) < 4.78 is 5.57. The van der Waals surface area contributed by atoms with Crippen molar-refractivity contribution >= 4 is 17.9 Å². The highest BCUT2D eigenvalue weighted by atomic mass is 16.6. The molecular formula is C37H55N3O5. The van der Waals surface area contributed by atoms with Crippen molar-refractivity contribution in [2.24, 2.45) is 0 Å². The quantitative estimate of drug-likeness (QED) is 0.190. The molecule has 248 valence electrons. The average Bonchev–Trinajstić information content (AvgIpc) is 2.97. The lowest BCUT2D eigenvalue weighted by atomic mass is 9.93. The highest BCUT2D eigenvalue weighted by Gasteiger charge is 2.37. The fourth-order valence-electron chi connectivity index (χ4n) is 6.08. The van der Waals surface area contributed by atoms with Gasteiger partial charge in [-0.25, -0.2) is 4.79 Å². The summed E-state index contributed by atoms with van der Waals surface area (Å²) in [4.78, 5) is 43.8. The molecule has 8 nitrogen and oxygen atoms in total. The van der Waals surface area contributed by atoms with Crippen LogP contribution in [0.4, 0.5) is 4.79 Å². The summed E-state index contributed by atoms with van der Waals surface area (Å²) in [6.07, 6.45) is 9.60. The Morgan fingerprint density at radius 1 is 0.956 bits per heavy atom. The third kappa shape index (κ3) is 11.7. The molecule has 0 spiro atoms. The summed E-state index contributed by atoms with van der Waals surface area (Å²) in [5.41, 5.74) is 2.82. The molecule has 2 aromatic carbocycles. The van der Waals surface area contributed by atoms with Gasteiger partial charge in [0.25, 0.3) is 0 Å². The van der Waals surface area contributed by atoms with Gasteiger partial charge < -0.3 is 25.4 Å². The van der Waals surface area contributed by atoms with Crippen molar-refractivity contribution in [3.8, 4) is 5.75 Å². The summed E-state index contributed by atoms with van der Waals surface area (Å²) >= 11 is 0. The number of benzene rings is 2. The van der Waals surface area contributed by atoms with Gasteiger partial charge in [0.15, 0.2) is 0 Å². The van der Waals surface area contributed by atoms with Gasteiger partial charge in [0.2, 0.25) is 11.8 Å². The van der Waals surface area contributed by atoms with Crippen molar-refractivity contribution in [3.63, 3.8) is 0 Å². The Kier molecular flexibility index (Phi) is 13.8. The van der Waals surface area contributed by atoms with Crippen LogP contribution in [0.1, 0.15) is 120 Å². The molecule has 2 atom stereocenters. The zero-order valence-electron chi connectivity index (χ0n) is 28.3. The summed E-state index contributed by atoms with van der Waals surface area (Å²) in [5.74, 6) is -0.408. The maximum Gasteiger partial charge on any atom is 0.408 e. The second-order valence-electron chi connectivity index (χ2n) is 13.6. The number of hydrogen-bond donors (Lipinski definition) is 3. The second-order valence-corrected chi connectivity index (χ2v) is 13.6. The van der Waals surface area contributed by atoms with Crippen LogP contribution in [0.3, 0.4) is 0 Å². The first-order valence-electron chi connectivity index (χ1n) is 16.8. The van der Waals surface area contributed by atoms with E-state index < -0.39 is 23.8 Å². The SMILES string of the molecule is CCCCCCCN(C(=O)C(Cc1ccc(O)cc1)NC(=O)OC(C)(C)C)C(C(=O)NC1CCCCC1)c1ccc(C)cc1C. The largest absolute Gasteiger partial charge is 0.508 e. The van der Waals surface area contributed by atoms with Crippen molar-refractivity contribution in [3.05, 3.63) is 64.7 Å². The van der Waals surface area contributed by atoms with Crippen molar-refractivity contribution in [1.82, 2.24) is 15.5 Å². The van der Waals surface area contributed by atoms with Gasteiger partial charge in [0.1, 0.15) is 23.4 Å². The van der Waals surface area contributed by atoms with Crippen molar-refractivity contribution in [2.45, 2.75) is 136 Å². The number of alkyl carbamates (subject to hydrolysis) is 1. The zero-order chi connectivity index (χ0) is 33.0. The fourth-order valence-corrected chi connectivity index (χ4v) is 6.08. The van der Waals surface area contributed by atoms with Crippen LogP contribution in [0.2, 0.25) is 0 Å². The predicted octanol–water partition coefficient (Wildman–Crippen LogP) is 7.43. The van der Waals surface area contributed by atoms with Crippen LogP contribution >= 0.6 is 0 Å². The number of hydrogen-bond acceptors (Lipinski definition) is 5. The topological polar surface area (TPSA) is 108 Å². The molecule has 0 aliphatic heterocycles. The lowest BCUT2D eigenvalue weighted by Crippen LogP contribution is -2.54. The standard InChI is InChI=1S/C37H55N3O5/c1-7-8-9-10-14-23-40(33(31-22-17-26(2)24-27(31)3)34(42)38-29-15-12-11-13-16-29)35(43)32(39-36(44)45-37(4,5)6)25-28-18-20-30(41)21-19-28/h17-22,24,29,32-33,41H,7-16,23,25H2,1-6H3,(H,38,42)(H,39,44). The van der Waals surface area contributed by atoms with Crippen LogP contribution in [0.25, 0.3) is 0 Å². The number of nitrogens with one attached hydrogen (secondary N) is 2. The Morgan fingerprint density at radius 3 is 2.24 bits per heavy atom. The van der Waals surface area contributed by atoms with E-state index in [0.717, 1.165) is 80.0 Å². The summed E-state index contributed by atoms with van der Waals surface area (Å²) in [5, 5.41) is 16.0. The molecule has 3 rings (SSSR count). The molecule has 2 aromatic rings. The van der Waals surface area contributed by atoms with Gasteiger partial charge in [-0.2, -0.15) is 0 Å². The third-order valence-electron chi connectivity index (χ3n) is 8.38. The van der Waals surface area contributed by atoms with E-state index in [-0.39, 0.29) is 30.0 Å². The number of aryl methyl sites for hydroxylation is 2. The van der Waals surface area contributed by atoms with E-state index >= 15 is 0 Å². The fraction of sp³-hybridized carbons (Fsp3) is 0.595. The summed E-state index contributed by atoms with van der Waals surface area (Å²) in [7, 11) is 0. The lowest BCUT2D eigenvalue weighted by molar-refractivity contribution is -0.143. The minimum absolute atomic E-state index is 0.0775. The first-order chi connectivity index (χ1) is 21.4. The summed E-state index contributed by atoms with van der Waals surface area (Å²) in [6, 6.07) is 10.8. The van der Waals surface area contributed by atoms with Gasteiger partial charge in [-0.3, -0.25) is 9.59 Å². The van der Waals surface area contributed by atoms with Gasteiger partial charge >= 0.3 is 6.09 Å². The monoisotopic (exact) mass is 621 g/mol. The van der Waals surface area contributed by atoms with Crippen LogP contribution in [-0.2, 0) is 20.7 Å². The second kappa shape index (κ2) is 17.2. The maximum absolute atomic E-state index is 14.8. The van der Waals surface area contributed by atoms with Gasteiger partial charge in [0.05, 0.1) is 0 Å². The van der Waals surface area contributed by atoms with Crippen LogP contribution < -0.4 is 10.6 Å². The molecule has 0 bridgehead atoms. The predicted molar refractivity (Wildman–Crippen MR) is 179 cm³/mol. The van der Waals surface area contributed by atoms with Crippen LogP contribution in [0.5, 0.6) is 5.75 Å². The Hall–Kier alpha value is -3.55. The first-order valence-corrected chi connectivity index (χ1v) is 16.8. The number of carbonyl (C=O) groups excluding carboxylic acids is 3. The zero-order valence-corrected chi connectivity index (χ0v) is 28.3. The van der Waals surface area contributed by atoms with Crippen LogP contribution in [0, 0.1) is 13.8 Å². The highest BCUT2D eigenvalue weighted by molar-refractivity contribution is 5.92. The molecule has 8 heteroatoms. The van der Waals surface area contributed by atoms with E-state index in [1.165, 1.54) is 6.42 Å². The average molecular weight is 622 g/mol. The van der Waals surface area contributed by atoms with Gasteiger partial charge in [-0.15, -0.1) is 0 Å². The number of aromatic hydroxyl groups is 1. The van der Waals surface area contributed by atoms with Crippen LogP contribution in [-0.4, -0.2) is 52.1 Å². The Balaban J connectivity index is 2.05. The minimum Gasteiger partial charge on any atom is -0.508 e. The molecule has 3 N–H and O–H groups in total. The minimum atomic E-state index is -0.990. The Morgan fingerprint density at radius 2 is 1.62 bits per heavy atom. The first kappa shape index (κ1) is 35.9. The number of ether oxygens (including phenoxy) is 1. The van der Waals surface area contributed by atoms with E-state index in [4.69, 9.17) is 4.74 Å². The molecule has 2 unspecified atom stereocenters. The third-order valence-corrected chi connectivity index (χ3v) is 8.38. The highest BCUT2D eigenvalue weighted by Crippen LogP contribution is 2.29. The molecule has 1 fully saturated rings. The molecule has 1 saturated carbocycles. The maximum atomic E-state index is 14.8. The van der Waals surface area contributed by atoms with E-state index in [1.54, 1.807) is 49.9 Å². The number of phenolic OH excluding ortho intramolecular Hbond substituents is 1. The number of phenols is 1. The van der Waals surface area contributed by atoms with Crippen molar-refractivity contribution in [2.75, 3.05) is 6.54 Å². The Bertz CT molecular complexity index is 1250. The van der Waals surface area contributed by atoms with Crippen molar-refractivity contribution < 1.29 is 24.2 Å². The van der Waals surface area contributed by atoms with Gasteiger partial charge in [-0.05, 0) is 82.7 Å². The molecule has 0 aromatic heterocycles. The van der Waals surface area contributed by atoms with E-state index in [0.29, 0.717) is 6.54 Å². The number of carbonyl (C=O) groups is 3. The van der Waals surface area contributed by atoms with Gasteiger partial charge in [0, 0.05) is 19.0 Å². The molecule has 0 radical (unpaired) electrons. The molecule has 0 heterocycles. The number of rotatable bonds is 14. The van der Waals surface area contributed by atoms with E-state index in [2.05, 4.69) is 17.6 Å². The molecule has 1 aliphatic rings. The van der Waals surface area contributed by atoms with Crippen LogP contribution in [0.15, 0.2) is 42.5 Å². The molecule has 0 saturated heterocycles. The molecule has 3 amide bonds. The lowest BCUT2D eigenvalue weighted by Gasteiger charge is -2.36. The smallest absolute Gasteiger partial charge is 0.408 e. The van der Waals surface area contributed by atoms with E-state index in [9.17, 15) is 19.5 Å². The van der Waals surface area contributed by atoms with Crippen molar-refractivity contribution in [1.29, 1.82) is 0 Å². The van der Waals surface area contributed by atoms with Gasteiger partial charge in [-0.1, -0.05) is 87.8 Å². The number of unbranched alkanes of at least 4 members (excludes halogenated alkanes) is 4. The molecule has 45 heavy (non-hydrogen) atoms. The normalized spacial score (nSPS) is 15.2. The number of nitrogens with zero attached hydrogens (tertiary/aromatic N) is 1. The Labute approximate surface area is 270 Å². The molecular weight excluding hydrogens is 566 g/mol. The summed E-state index contributed by atoms with van der Waals surface area (Å²) in [6.45, 7) is 11.9. The number of amides is 3. The van der Waals surface area contributed by atoms with E-state index in [1.807, 2.05) is 32.0 Å².